The average Bonchev–Trinajstić information content (AvgIpc) is 2.59. The molecule has 0 aliphatic heterocycles. The van der Waals surface area contributed by atoms with Gasteiger partial charge in [0, 0.05) is 64.5 Å². The van der Waals surface area contributed by atoms with Crippen LogP contribution in [-0.4, -0.2) is 55.0 Å². The number of hydroxylamine groups is 1. The zero-order valence-corrected chi connectivity index (χ0v) is 18.0. The number of hydrogen-bond donors (Lipinski definition) is 3. The van der Waals surface area contributed by atoms with Gasteiger partial charge in [0.2, 0.25) is 11.8 Å². The van der Waals surface area contributed by atoms with Gasteiger partial charge in [0.05, 0.1) is 0 Å². The van der Waals surface area contributed by atoms with Gasteiger partial charge in [-0.15, -0.1) is 0 Å². The van der Waals surface area contributed by atoms with E-state index in [4.69, 9.17) is 5.21 Å². The summed E-state index contributed by atoms with van der Waals surface area (Å²) in [7, 11) is 3.82. The quantitative estimate of drug-likeness (QED) is 0.217. The zero-order chi connectivity index (χ0) is 17.9. The first-order chi connectivity index (χ1) is 11.5. The van der Waals surface area contributed by atoms with E-state index in [2.05, 4.69) is 5.32 Å². The van der Waals surface area contributed by atoms with Crippen molar-refractivity contribution in [3.63, 3.8) is 0 Å². The molecule has 1 rings (SSSR count). The molecule has 3 N–H and O–H groups in total. The molecule has 0 spiro atoms. The van der Waals surface area contributed by atoms with Gasteiger partial charge in [0.25, 0.3) is 0 Å². The molecular formula is C16H22N3O4SY-. The Morgan fingerprint density at radius 3 is 2.44 bits per heavy atom. The predicted molar refractivity (Wildman–Crippen MR) is 94.2 cm³/mol. The zero-order valence-electron chi connectivity index (χ0n) is 14.3. The van der Waals surface area contributed by atoms with Crippen molar-refractivity contribution < 1.29 is 52.3 Å². The van der Waals surface area contributed by atoms with Crippen molar-refractivity contribution >= 4 is 35.5 Å². The van der Waals surface area contributed by atoms with Gasteiger partial charge in [-0.25, -0.2) is 11.8 Å². The minimum atomic E-state index is -0.706. The van der Waals surface area contributed by atoms with Crippen LogP contribution >= 0.6 is 11.8 Å². The van der Waals surface area contributed by atoms with Crippen molar-refractivity contribution in [3.05, 3.63) is 29.8 Å². The first-order valence-electron chi connectivity index (χ1n) is 7.44. The Bertz CT molecular complexity index is 555. The summed E-state index contributed by atoms with van der Waals surface area (Å²) in [5.74, 6) is 0.252. The molecule has 1 atom stereocenters. The third kappa shape index (κ3) is 9.35. The summed E-state index contributed by atoms with van der Waals surface area (Å²) >= 11 is 1.44. The number of rotatable bonds is 10. The van der Waals surface area contributed by atoms with Crippen LogP contribution in [0.2, 0.25) is 0 Å². The summed E-state index contributed by atoms with van der Waals surface area (Å²) < 4.78 is 0. The van der Waals surface area contributed by atoms with Crippen molar-refractivity contribution in [2.24, 2.45) is 0 Å². The van der Waals surface area contributed by atoms with Gasteiger partial charge in [-0.05, 0) is 42.2 Å². The molecule has 0 aromatic heterocycles. The Kier molecular flexibility index (Phi) is 12.8. The smallest absolute Gasteiger partial charge is 0.249 e. The molecule has 2 amide bonds. The molecule has 1 radical (unpaired) electrons. The van der Waals surface area contributed by atoms with Crippen molar-refractivity contribution in [3.8, 4) is 0 Å². The van der Waals surface area contributed by atoms with Gasteiger partial charge in [0.15, 0.2) is 0 Å². The molecule has 7 nitrogen and oxygen atoms in total. The van der Waals surface area contributed by atoms with E-state index in [-0.39, 0.29) is 45.0 Å². The van der Waals surface area contributed by atoms with E-state index in [1.54, 1.807) is 17.6 Å². The number of nitrogens with zero attached hydrogens (tertiary/aromatic N) is 1. The summed E-state index contributed by atoms with van der Waals surface area (Å²) in [6.45, 7) is 0. The van der Waals surface area contributed by atoms with E-state index in [0.29, 0.717) is 23.5 Å². The fourth-order valence-electron chi connectivity index (χ4n) is 1.85. The Balaban J connectivity index is 0.00000576. The number of anilines is 1. The van der Waals surface area contributed by atoms with Crippen molar-refractivity contribution in [1.29, 1.82) is 0 Å². The molecule has 1 aromatic carbocycles. The largest absolute Gasteiger partial charge is 0.540 e. The number of benzene rings is 1. The van der Waals surface area contributed by atoms with Crippen molar-refractivity contribution in [1.82, 2.24) is 10.8 Å². The number of hydrogen-bond acceptors (Lipinski definition) is 6. The SMILES string of the molecule is CN(C)c1ccc(C(=O)N[C@H]([C-]=O)CSCCCC(=O)NO)cc1.[Y]. The molecule has 0 heterocycles. The molecule has 0 unspecified atom stereocenters. The summed E-state index contributed by atoms with van der Waals surface area (Å²) in [6, 6.07) is 6.36. The number of nitrogens with one attached hydrogen (secondary N) is 2. The van der Waals surface area contributed by atoms with Crippen molar-refractivity contribution in [2.75, 3.05) is 30.5 Å². The number of amides is 2. The molecule has 135 valence electrons. The molecule has 0 saturated heterocycles. The summed E-state index contributed by atoms with van der Waals surface area (Å²) in [6.07, 6.45) is 2.60. The van der Waals surface area contributed by atoms with Gasteiger partial charge in [-0.2, -0.15) is 11.8 Å². The second kappa shape index (κ2) is 13.3. The maximum Gasteiger partial charge on any atom is 0.249 e. The third-order valence-corrected chi connectivity index (χ3v) is 4.34. The summed E-state index contributed by atoms with van der Waals surface area (Å²) in [4.78, 5) is 35.9. The summed E-state index contributed by atoms with van der Waals surface area (Å²) in [5, 5.41) is 11.0. The molecule has 25 heavy (non-hydrogen) atoms. The Hall–Kier alpha value is -0.956. The number of carbonyl (C=O) groups is 2. The standard InChI is InChI=1S/C16H22N3O4S.Y/c1-19(2)14-7-5-12(6-8-14)16(22)17-13(10-20)11-24-9-3-4-15(21)18-23;/h5-8,13,23H,3-4,9,11H2,1-2H3,(H,17,22)(H,18,21);/q-1;/t13-;/m1./s1. The minimum absolute atomic E-state index is 0. The number of thioether (sulfide) groups is 1. The van der Waals surface area contributed by atoms with Gasteiger partial charge >= 0.3 is 0 Å². The van der Waals surface area contributed by atoms with Crippen LogP contribution < -0.4 is 15.7 Å². The Morgan fingerprint density at radius 2 is 1.92 bits per heavy atom. The van der Waals surface area contributed by atoms with Gasteiger partial charge < -0.3 is 15.0 Å². The Morgan fingerprint density at radius 1 is 1.28 bits per heavy atom. The van der Waals surface area contributed by atoms with E-state index in [9.17, 15) is 14.4 Å². The van der Waals surface area contributed by atoms with Crippen LogP contribution in [0.5, 0.6) is 0 Å². The first kappa shape index (κ1) is 24.0. The predicted octanol–water partition coefficient (Wildman–Crippen LogP) is 0.977. The van der Waals surface area contributed by atoms with Crippen LogP contribution in [0.1, 0.15) is 23.2 Å². The maximum absolute atomic E-state index is 12.1. The number of carbonyl (C=O) groups excluding carboxylic acids is 3. The molecule has 1 aromatic rings. The third-order valence-electron chi connectivity index (χ3n) is 3.20. The van der Waals surface area contributed by atoms with Crippen LogP contribution in [0.15, 0.2) is 24.3 Å². The summed E-state index contributed by atoms with van der Waals surface area (Å²) in [5.41, 5.74) is 3.02. The van der Waals surface area contributed by atoms with E-state index in [1.165, 1.54) is 11.8 Å². The van der Waals surface area contributed by atoms with Gasteiger partial charge in [-0.3, -0.25) is 14.8 Å². The fourth-order valence-corrected chi connectivity index (χ4v) is 2.75. The second-order valence-corrected chi connectivity index (χ2v) is 6.45. The topological polar surface area (TPSA) is 98.7 Å². The molecule has 0 saturated carbocycles. The van der Waals surface area contributed by atoms with Crippen LogP contribution in [-0.2, 0) is 42.3 Å². The van der Waals surface area contributed by atoms with E-state index >= 15 is 0 Å². The molecule has 0 bridgehead atoms. The van der Waals surface area contributed by atoms with Gasteiger partial charge in [0.1, 0.15) is 0 Å². The van der Waals surface area contributed by atoms with Crippen LogP contribution in [0.25, 0.3) is 0 Å². The molecular weight excluding hydrogens is 419 g/mol. The van der Waals surface area contributed by atoms with Crippen LogP contribution in [0, 0.1) is 0 Å². The van der Waals surface area contributed by atoms with E-state index in [1.807, 2.05) is 37.4 Å². The van der Waals surface area contributed by atoms with Crippen LogP contribution in [0.4, 0.5) is 5.69 Å². The average molecular weight is 441 g/mol. The van der Waals surface area contributed by atoms with E-state index in [0.717, 1.165) is 5.69 Å². The maximum atomic E-state index is 12.1. The molecule has 0 aliphatic rings. The molecule has 0 fully saturated rings. The molecule has 9 heteroatoms. The fraction of sp³-hybridized carbons (Fsp3) is 0.438. The monoisotopic (exact) mass is 441 g/mol. The minimum Gasteiger partial charge on any atom is -0.540 e. The first-order valence-corrected chi connectivity index (χ1v) is 8.60. The van der Waals surface area contributed by atoms with Crippen LogP contribution in [0.3, 0.4) is 0 Å². The normalized spacial score (nSPS) is 11.0. The molecule has 0 aliphatic carbocycles. The van der Waals surface area contributed by atoms with Gasteiger partial charge in [-0.1, -0.05) is 6.04 Å². The Labute approximate surface area is 177 Å². The van der Waals surface area contributed by atoms with Crippen molar-refractivity contribution in [2.45, 2.75) is 18.9 Å². The second-order valence-electron chi connectivity index (χ2n) is 5.30. The van der Waals surface area contributed by atoms with E-state index < -0.39 is 11.9 Å².